The molecular formula is C13H15BClNO3. The fraction of sp³-hybridized carbons (Fsp3) is 0.462. The average molecular weight is 280 g/mol. The molecule has 1 aromatic carbocycles. The summed E-state index contributed by atoms with van der Waals surface area (Å²) < 4.78 is 17.5. The zero-order chi connectivity index (χ0) is 13.8. The van der Waals surface area contributed by atoms with E-state index >= 15 is 0 Å². The maximum absolute atomic E-state index is 6.11. The van der Waals surface area contributed by atoms with Crippen LogP contribution in [0.1, 0.15) is 27.7 Å². The lowest BCUT2D eigenvalue weighted by Crippen LogP contribution is -2.41. The molecule has 0 saturated carbocycles. The van der Waals surface area contributed by atoms with Gasteiger partial charge in [0, 0.05) is 10.5 Å². The van der Waals surface area contributed by atoms with Crippen LogP contribution >= 0.6 is 11.6 Å². The summed E-state index contributed by atoms with van der Waals surface area (Å²) in [6.45, 7) is 8.04. The molecule has 1 aromatic heterocycles. The van der Waals surface area contributed by atoms with E-state index in [2.05, 4.69) is 4.98 Å². The Bertz CT molecular complexity index is 622. The molecule has 0 bridgehead atoms. The van der Waals surface area contributed by atoms with E-state index in [9.17, 15) is 0 Å². The summed E-state index contributed by atoms with van der Waals surface area (Å²) in [5.74, 6) is 0. The van der Waals surface area contributed by atoms with E-state index in [1.54, 1.807) is 12.1 Å². The van der Waals surface area contributed by atoms with Gasteiger partial charge < -0.3 is 13.7 Å². The number of oxazole rings is 1. The quantitative estimate of drug-likeness (QED) is 0.753. The normalized spacial score (nSPS) is 21.2. The Morgan fingerprint density at radius 1 is 1.11 bits per heavy atom. The van der Waals surface area contributed by atoms with Gasteiger partial charge in [0.1, 0.15) is 5.52 Å². The van der Waals surface area contributed by atoms with Crippen molar-refractivity contribution in [2.75, 3.05) is 0 Å². The molecule has 4 nitrogen and oxygen atoms in total. The zero-order valence-corrected chi connectivity index (χ0v) is 12.1. The van der Waals surface area contributed by atoms with Gasteiger partial charge in [0.05, 0.1) is 11.2 Å². The highest BCUT2D eigenvalue weighted by Gasteiger charge is 2.52. The number of fused-ring (bicyclic) bond motifs is 1. The van der Waals surface area contributed by atoms with Crippen molar-refractivity contribution in [1.29, 1.82) is 0 Å². The maximum Gasteiger partial charge on any atom is 0.498 e. The Labute approximate surface area is 117 Å². The summed E-state index contributed by atoms with van der Waals surface area (Å²) in [6, 6.07) is 3.56. The number of nitrogens with zero attached hydrogens (tertiary/aromatic N) is 1. The summed E-state index contributed by atoms with van der Waals surface area (Å²) in [7, 11) is -0.501. The van der Waals surface area contributed by atoms with Crippen molar-refractivity contribution < 1.29 is 13.7 Å². The average Bonchev–Trinajstić information content (AvgIpc) is 2.80. The van der Waals surface area contributed by atoms with Crippen molar-refractivity contribution >= 4 is 35.3 Å². The second-order valence-corrected chi connectivity index (χ2v) is 6.22. The van der Waals surface area contributed by atoms with Gasteiger partial charge in [-0.1, -0.05) is 11.6 Å². The highest BCUT2D eigenvalue weighted by Crippen LogP contribution is 2.37. The van der Waals surface area contributed by atoms with Crippen molar-refractivity contribution in [3.63, 3.8) is 0 Å². The van der Waals surface area contributed by atoms with Gasteiger partial charge in [-0.3, -0.25) is 0 Å². The minimum Gasteiger partial charge on any atom is -0.444 e. The predicted molar refractivity (Wildman–Crippen MR) is 74.7 cm³/mol. The molecule has 1 fully saturated rings. The minimum atomic E-state index is -0.501. The SMILES string of the molecule is CC1(C)OB(c2cc(Cl)cc3ncoc23)OC1(C)C. The van der Waals surface area contributed by atoms with E-state index in [0.717, 1.165) is 5.46 Å². The lowest BCUT2D eigenvalue weighted by atomic mass is 9.78. The van der Waals surface area contributed by atoms with Gasteiger partial charge in [-0.15, -0.1) is 0 Å². The van der Waals surface area contributed by atoms with Crippen LogP contribution in [0.25, 0.3) is 11.1 Å². The molecule has 2 heterocycles. The highest BCUT2D eigenvalue weighted by molar-refractivity contribution is 6.65. The fourth-order valence-electron chi connectivity index (χ4n) is 2.11. The first-order chi connectivity index (χ1) is 8.80. The monoisotopic (exact) mass is 279 g/mol. The van der Waals surface area contributed by atoms with Gasteiger partial charge in [-0.05, 0) is 39.8 Å². The van der Waals surface area contributed by atoms with Crippen LogP contribution in [-0.2, 0) is 9.31 Å². The molecule has 1 saturated heterocycles. The third-order valence-corrected chi connectivity index (χ3v) is 4.15. The van der Waals surface area contributed by atoms with Crippen molar-refractivity contribution in [1.82, 2.24) is 4.98 Å². The molecule has 3 rings (SSSR count). The second kappa shape index (κ2) is 3.98. The number of halogens is 1. The maximum atomic E-state index is 6.11. The number of hydrogen-bond donors (Lipinski definition) is 0. The number of benzene rings is 1. The smallest absolute Gasteiger partial charge is 0.444 e. The number of rotatable bonds is 1. The van der Waals surface area contributed by atoms with Gasteiger partial charge >= 0.3 is 7.12 Å². The van der Waals surface area contributed by atoms with E-state index in [1.165, 1.54) is 6.39 Å². The fourth-order valence-corrected chi connectivity index (χ4v) is 2.33. The molecule has 2 aromatic rings. The van der Waals surface area contributed by atoms with Crippen LogP contribution < -0.4 is 5.46 Å². The first-order valence-corrected chi connectivity index (χ1v) is 6.56. The van der Waals surface area contributed by atoms with Crippen LogP contribution in [0, 0.1) is 0 Å². The molecule has 19 heavy (non-hydrogen) atoms. The number of aromatic nitrogens is 1. The minimum absolute atomic E-state index is 0.396. The lowest BCUT2D eigenvalue weighted by molar-refractivity contribution is 0.00578. The van der Waals surface area contributed by atoms with E-state index in [4.69, 9.17) is 25.3 Å². The van der Waals surface area contributed by atoms with Crippen molar-refractivity contribution in [3.8, 4) is 0 Å². The van der Waals surface area contributed by atoms with Gasteiger partial charge in [-0.25, -0.2) is 4.98 Å². The molecule has 0 atom stereocenters. The van der Waals surface area contributed by atoms with Crippen LogP contribution in [-0.4, -0.2) is 23.3 Å². The summed E-state index contributed by atoms with van der Waals surface area (Å²) in [6.07, 6.45) is 1.40. The second-order valence-electron chi connectivity index (χ2n) is 5.78. The molecule has 6 heteroatoms. The van der Waals surface area contributed by atoms with Gasteiger partial charge in [0.2, 0.25) is 0 Å². The molecule has 100 valence electrons. The van der Waals surface area contributed by atoms with Gasteiger partial charge in [0.25, 0.3) is 0 Å². The molecule has 1 aliphatic rings. The summed E-state index contributed by atoms with van der Waals surface area (Å²) >= 11 is 6.11. The van der Waals surface area contributed by atoms with E-state index in [1.807, 2.05) is 27.7 Å². The van der Waals surface area contributed by atoms with E-state index < -0.39 is 18.3 Å². The third-order valence-electron chi connectivity index (χ3n) is 3.93. The molecule has 0 amide bonds. The molecule has 1 aliphatic heterocycles. The van der Waals surface area contributed by atoms with E-state index in [0.29, 0.717) is 16.1 Å². The Morgan fingerprint density at radius 3 is 2.37 bits per heavy atom. The largest absolute Gasteiger partial charge is 0.498 e. The van der Waals surface area contributed by atoms with Crippen LogP contribution in [0.2, 0.25) is 5.02 Å². The Balaban J connectivity index is 2.09. The Morgan fingerprint density at radius 2 is 1.74 bits per heavy atom. The molecular weight excluding hydrogens is 264 g/mol. The van der Waals surface area contributed by atoms with Gasteiger partial charge in [0.15, 0.2) is 12.0 Å². The zero-order valence-electron chi connectivity index (χ0n) is 11.4. The summed E-state index contributed by atoms with van der Waals surface area (Å²) in [5.41, 5.74) is 1.34. The van der Waals surface area contributed by atoms with Crippen LogP contribution in [0.15, 0.2) is 22.9 Å². The Hall–Kier alpha value is -1.04. The first-order valence-electron chi connectivity index (χ1n) is 6.18. The third kappa shape index (κ3) is 1.97. The van der Waals surface area contributed by atoms with Crippen molar-refractivity contribution in [2.24, 2.45) is 0 Å². The van der Waals surface area contributed by atoms with Crippen molar-refractivity contribution in [2.45, 2.75) is 38.9 Å². The summed E-state index contributed by atoms with van der Waals surface area (Å²) in [5, 5.41) is 0.589. The predicted octanol–water partition coefficient (Wildman–Crippen LogP) is 2.78. The first kappa shape index (κ1) is 13.0. The van der Waals surface area contributed by atoms with E-state index in [-0.39, 0.29) is 0 Å². The standard InChI is InChI=1S/C13H15BClNO3/c1-12(2)13(3,4)19-14(18-12)9-5-8(15)6-10-11(9)17-7-16-10/h5-7H,1-4H3. The van der Waals surface area contributed by atoms with Crippen LogP contribution in [0.3, 0.4) is 0 Å². The van der Waals surface area contributed by atoms with Crippen LogP contribution in [0.5, 0.6) is 0 Å². The molecule has 0 unspecified atom stereocenters. The molecule has 0 spiro atoms. The number of hydrogen-bond acceptors (Lipinski definition) is 4. The molecule has 0 N–H and O–H groups in total. The topological polar surface area (TPSA) is 44.5 Å². The molecule has 0 aliphatic carbocycles. The van der Waals surface area contributed by atoms with Crippen molar-refractivity contribution in [3.05, 3.63) is 23.5 Å². The highest BCUT2D eigenvalue weighted by atomic mass is 35.5. The Kier molecular flexibility index (Phi) is 2.72. The van der Waals surface area contributed by atoms with Gasteiger partial charge in [-0.2, -0.15) is 0 Å². The van der Waals surface area contributed by atoms with Crippen LogP contribution in [0.4, 0.5) is 0 Å². The lowest BCUT2D eigenvalue weighted by Gasteiger charge is -2.32. The molecule has 0 radical (unpaired) electrons. The summed E-state index contributed by atoms with van der Waals surface area (Å²) in [4.78, 5) is 4.12.